The molecule has 2 aromatic carbocycles. The van der Waals surface area contributed by atoms with Crippen molar-refractivity contribution in [2.45, 2.75) is 39.8 Å². The van der Waals surface area contributed by atoms with E-state index in [1.807, 2.05) is 50.2 Å². The monoisotopic (exact) mass is 393 g/mol. The summed E-state index contributed by atoms with van der Waals surface area (Å²) in [4.78, 5) is 40.9. The summed E-state index contributed by atoms with van der Waals surface area (Å²) in [5, 5.41) is 2.78. The van der Waals surface area contributed by atoms with Gasteiger partial charge in [0.15, 0.2) is 0 Å². The van der Waals surface area contributed by atoms with Gasteiger partial charge >= 0.3 is 0 Å². The zero-order valence-electron chi connectivity index (χ0n) is 17.6. The first-order valence-electron chi connectivity index (χ1n) is 9.66. The minimum atomic E-state index is -0.558. The van der Waals surface area contributed by atoms with Crippen LogP contribution in [0.4, 0.5) is 5.69 Å². The van der Waals surface area contributed by atoms with E-state index in [0.717, 1.165) is 22.3 Å². The maximum Gasteiger partial charge on any atom is 0.255 e. The first-order chi connectivity index (χ1) is 13.7. The minimum Gasteiger partial charge on any atom is -0.347 e. The number of fused-ring (bicyclic) bond motifs is 1. The second-order valence-electron chi connectivity index (χ2n) is 7.87. The van der Waals surface area contributed by atoms with E-state index < -0.39 is 6.04 Å². The standard InChI is InChI=1S/C23H27N3O3/c1-14-6-9-20(15(2)10-14)22(28)26-13-18-11-19(24-16(3)27)8-7-17(18)12-21(26)23(29)25(4)5/h6-11,21H,12-13H2,1-5H3,(H,24,27). The van der Waals surface area contributed by atoms with Crippen LogP contribution < -0.4 is 5.32 Å². The van der Waals surface area contributed by atoms with Gasteiger partial charge in [-0.1, -0.05) is 23.8 Å². The summed E-state index contributed by atoms with van der Waals surface area (Å²) in [7, 11) is 3.41. The van der Waals surface area contributed by atoms with Crippen molar-refractivity contribution < 1.29 is 14.4 Å². The Labute approximate surface area is 171 Å². The predicted octanol–water partition coefficient (Wildman–Crippen LogP) is 2.92. The second-order valence-corrected chi connectivity index (χ2v) is 7.87. The topological polar surface area (TPSA) is 69.7 Å². The molecule has 0 bridgehead atoms. The third-order valence-electron chi connectivity index (χ3n) is 5.26. The van der Waals surface area contributed by atoms with Crippen LogP contribution in [0, 0.1) is 13.8 Å². The van der Waals surface area contributed by atoms with Crippen LogP contribution in [0.15, 0.2) is 36.4 Å². The maximum atomic E-state index is 13.4. The number of aryl methyl sites for hydroxylation is 2. The highest BCUT2D eigenvalue weighted by atomic mass is 16.2. The van der Waals surface area contributed by atoms with Gasteiger partial charge in [0, 0.05) is 45.2 Å². The highest BCUT2D eigenvalue weighted by Crippen LogP contribution is 2.29. The number of hydrogen-bond donors (Lipinski definition) is 1. The SMILES string of the molecule is CC(=O)Nc1ccc2c(c1)CN(C(=O)c1ccc(C)cc1C)C(C(=O)N(C)C)C2. The van der Waals surface area contributed by atoms with Crippen LogP contribution in [0.25, 0.3) is 0 Å². The lowest BCUT2D eigenvalue weighted by Gasteiger charge is -2.37. The highest BCUT2D eigenvalue weighted by molar-refractivity contribution is 5.99. The Morgan fingerprint density at radius 2 is 1.76 bits per heavy atom. The maximum absolute atomic E-state index is 13.4. The molecule has 0 radical (unpaired) electrons. The smallest absolute Gasteiger partial charge is 0.255 e. The third kappa shape index (κ3) is 4.31. The van der Waals surface area contributed by atoms with Crippen molar-refractivity contribution in [1.82, 2.24) is 9.80 Å². The van der Waals surface area contributed by atoms with Crippen LogP contribution in [0.3, 0.4) is 0 Å². The first kappa shape index (κ1) is 20.6. The summed E-state index contributed by atoms with van der Waals surface area (Å²) in [6.07, 6.45) is 0.448. The van der Waals surface area contributed by atoms with E-state index in [1.54, 1.807) is 19.0 Å². The van der Waals surface area contributed by atoms with E-state index in [0.29, 0.717) is 24.2 Å². The second kappa shape index (κ2) is 8.07. The molecule has 0 aliphatic carbocycles. The Hall–Kier alpha value is -3.15. The molecular weight excluding hydrogens is 366 g/mol. The van der Waals surface area contributed by atoms with Crippen LogP contribution in [0.1, 0.15) is 39.5 Å². The lowest BCUT2D eigenvalue weighted by Crippen LogP contribution is -2.52. The summed E-state index contributed by atoms with van der Waals surface area (Å²) in [5.74, 6) is -0.400. The summed E-state index contributed by atoms with van der Waals surface area (Å²) in [6, 6.07) is 10.8. The molecule has 0 spiro atoms. The van der Waals surface area contributed by atoms with Crippen LogP contribution in [-0.2, 0) is 22.6 Å². The summed E-state index contributed by atoms with van der Waals surface area (Å²) in [5.41, 5.74) is 5.23. The molecule has 3 amide bonds. The number of benzene rings is 2. The van der Waals surface area contributed by atoms with Crippen LogP contribution >= 0.6 is 0 Å². The van der Waals surface area contributed by atoms with Gasteiger partial charge in [0.05, 0.1) is 0 Å². The van der Waals surface area contributed by atoms with Crippen molar-refractivity contribution in [3.63, 3.8) is 0 Å². The Morgan fingerprint density at radius 1 is 1.03 bits per heavy atom. The highest BCUT2D eigenvalue weighted by Gasteiger charge is 2.36. The molecule has 3 rings (SSSR count). The molecule has 1 aliphatic heterocycles. The molecule has 152 valence electrons. The molecule has 2 aromatic rings. The zero-order chi connectivity index (χ0) is 21.3. The van der Waals surface area contributed by atoms with Crippen LogP contribution in [0.5, 0.6) is 0 Å². The lowest BCUT2D eigenvalue weighted by atomic mass is 9.91. The Bertz CT molecular complexity index is 981. The average molecular weight is 393 g/mol. The molecule has 0 saturated heterocycles. The fourth-order valence-corrected chi connectivity index (χ4v) is 3.81. The molecule has 6 heteroatoms. The summed E-state index contributed by atoms with van der Waals surface area (Å²) < 4.78 is 0. The molecule has 1 unspecified atom stereocenters. The number of carbonyl (C=O) groups excluding carboxylic acids is 3. The van der Waals surface area contributed by atoms with E-state index in [1.165, 1.54) is 11.8 Å². The molecule has 1 N–H and O–H groups in total. The Morgan fingerprint density at radius 3 is 2.38 bits per heavy atom. The molecule has 0 fully saturated rings. The van der Waals surface area contributed by atoms with Gasteiger partial charge in [0.25, 0.3) is 5.91 Å². The van der Waals surface area contributed by atoms with Crippen molar-refractivity contribution in [1.29, 1.82) is 0 Å². The number of anilines is 1. The summed E-state index contributed by atoms with van der Waals surface area (Å²) >= 11 is 0. The third-order valence-corrected chi connectivity index (χ3v) is 5.26. The largest absolute Gasteiger partial charge is 0.347 e. The molecular formula is C23H27N3O3. The van der Waals surface area contributed by atoms with Crippen molar-refractivity contribution >= 4 is 23.4 Å². The van der Waals surface area contributed by atoms with Gasteiger partial charge in [0.1, 0.15) is 6.04 Å². The van der Waals surface area contributed by atoms with Gasteiger partial charge in [-0.3, -0.25) is 14.4 Å². The van der Waals surface area contributed by atoms with E-state index in [4.69, 9.17) is 0 Å². The average Bonchev–Trinajstić information content (AvgIpc) is 2.65. The molecule has 1 atom stereocenters. The summed E-state index contributed by atoms with van der Waals surface area (Å²) in [6.45, 7) is 5.68. The lowest BCUT2D eigenvalue weighted by molar-refractivity contribution is -0.134. The number of rotatable bonds is 3. The fraction of sp³-hybridized carbons (Fsp3) is 0.348. The number of hydrogen-bond acceptors (Lipinski definition) is 3. The first-order valence-corrected chi connectivity index (χ1v) is 9.66. The van der Waals surface area contributed by atoms with Gasteiger partial charge in [-0.2, -0.15) is 0 Å². The van der Waals surface area contributed by atoms with Crippen molar-refractivity contribution in [2.24, 2.45) is 0 Å². The quantitative estimate of drug-likeness (QED) is 0.872. The number of carbonyl (C=O) groups is 3. The Kier molecular flexibility index (Phi) is 5.73. The van der Waals surface area contributed by atoms with Crippen LogP contribution in [-0.4, -0.2) is 47.7 Å². The molecule has 0 saturated carbocycles. The minimum absolute atomic E-state index is 0.0975. The van der Waals surface area contributed by atoms with Gasteiger partial charge in [0.2, 0.25) is 11.8 Å². The molecule has 6 nitrogen and oxygen atoms in total. The molecule has 0 aromatic heterocycles. The number of nitrogens with zero attached hydrogens (tertiary/aromatic N) is 2. The number of likely N-dealkylation sites (N-methyl/N-ethyl adjacent to an activating group) is 1. The van der Waals surface area contributed by atoms with Crippen LogP contribution in [0.2, 0.25) is 0 Å². The van der Waals surface area contributed by atoms with E-state index in [-0.39, 0.29) is 17.7 Å². The van der Waals surface area contributed by atoms with Gasteiger partial charge < -0.3 is 15.1 Å². The van der Waals surface area contributed by atoms with Crippen molar-refractivity contribution in [3.8, 4) is 0 Å². The number of nitrogens with one attached hydrogen (secondary N) is 1. The van der Waals surface area contributed by atoms with E-state index in [2.05, 4.69) is 5.32 Å². The zero-order valence-corrected chi connectivity index (χ0v) is 17.6. The molecule has 1 aliphatic rings. The van der Waals surface area contributed by atoms with Gasteiger partial charge in [-0.25, -0.2) is 0 Å². The fourth-order valence-electron chi connectivity index (χ4n) is 3.81. The van der Waals surface area contributed by atoms with E-state index in [9.17, 15) is 14.4 Å². The molecule has 29 heavy (non-hydrogen) atoms. The van der Waals surface area contributed by atoms with Crippen molar-refractivity contribution in [3.05, 3.63) is 64.2 Å². The number of amides is 3. The molecule has 1 heterocycles. The van der Waals surface area contributed by atoms with Gasteiger partial charge in [-0.15, -0.1) is 0 Å². The van der Waals surface area contributed by atoms with Crippen molar-refractivity contribution in [2.75, 3.05) is 19.4 Å². The van der Waals surface area contributed by atoms with Gasteiger partial charge in [-0.05, 0) is 48.7 Å². The predicted molar refractivity (Wildman–Crippen MR) is 113 cm³/mol. The Balaban J connectivity index is 2.01. The normalized spacial score (nSPS) is 15.5. The van der Waals surface area contributed by atoms with E-state index >= 15 is 0 Å².